The van der Waals surface area contributed by atoms with Crippen molar-refractivity contribution < 1.29 is 22.9 Å². The summed E-state index contributed by atoms with van der Waals surface area (Å²) >= 11 is 0. The zero-order chi connectivity index (χ0) is 15.6. The van der Waals surface area contributed by atoms with Crippen molar-refractivity contribution in [3.8, 4) is 0 Å². The number of piperidine rings is 1. The van der Waals surface area contributed by atoms with Crippen LogP contribution in [0.5, 0.6) is 0 Å². The average molecular weight is 303 g/mol. The second-order valence-corrected chi connectivity index (χ2v) is 4.67. The maximum Gasteiger partial charge on any atom is 0.416 e. The van der Waals surface area contributed by atoms with Crippen LogP contribution in [-0.2, 0) is 11.0 Å². The van der Waals surface area contributed by atoms with Crippen molar-refractivity contribution in [1.82, 2.24) is 5.32 Å². The molecule has 0 spiro atoms. The lowest BCUT2D eigenvalue weighted by Crippen LogP contribution is -2.41. The Bertz CT molecular complexity index is 565. The van der Waals surface area contributed by atoms with Crippen molar-refractivity contribution in [3.05, 3.63) is 33.9 Å². The van der Waals surface area contributed by atoms with Gasteiger partial charge < -0.3 is 10.6 Å². The largest absolute Gasteiger partial charge is 0.416 e. The fourth-order valence-electron chi connectivity index (χ4n) is 2.06. The Morgan fingerprint density at radius 1 is 1.38 bits per heavy atom. The van der Waals surface area contributed by atoms with Gasteiger partial charge in [-0.2, -0.15) is 13.2 Å². The van der Waals surface area contributed by atoms with Gasteiger partial charge in [0, 0.05) is 25.1 Å². The summed E-state index contributed by atoms with van der Waals surface area (Å²) in [5.74, 6) is -0.116. The number of nitrogens with one attached hydrogen (secondary N) is 2. The summed E-state index contributed by atoms with van der Waals surface area (Å²) in [6.45, 7) is 0.275. The Kier molecular flexibility index (Phi) is 4.01. The van der Waals surface area contributed by atoms with E-state index in [4.69, 9.17) is 0 Å². The Morgan fingerprint density at radius 3 is 2.62 bits per heavy atom. The number of halogens is 3. The van der Waals surface area contributed by atoms with Crippen LogP contribution in [0.3, 0.4) is 0 Å². The van der Waals surface area contributed by atoms with Crippen LogP contribution in [0.2, 0.25) is 0 Å². The van der Waals surface area contributed by atoms with E-state index >= 15 is 0 Å². The van der Waals surface area contributed by atoms with Gasteiger partial charge in [-0.05, 0) is 18.6 Å². The first-order chi connectivity index (χ1) is 9.77. The lowest BCUT2D eigenvalue weighted by atomic mass is 10.1. The van der Waals surface area contributed by atoms with Crippen LogP contribution in [0.1, 0.15) is 18.4 Å². The van der Waals surface area contributed by atoms with Crippen LogP contribution in [0, 0.1) is 10.1 Å². The molecular weight excluding hydrogens is 291 g/mol. The van der Waals surface area contributed by atoms with Crippen molar-refractivity contribution >= 4 is 17.3 Å². The summed E-state index contributed by atoms with van der Waals surface area (Å²) in [4.78, 5) is 21.1. The highest BCUT2D eigenvalue weighted by molar-refractivity contribution is 5.77. The molecule has 6 nitrogen and oxygen atoms in total. The minimum absolute atomic E-state index is 0.00847. The van der Waals surface area contributed by atoms with E-state index in [2.05, 4.69) is 10.6 Å². The smallest absolute Gasteiger partial charge is 0.375 e. The van der Waals surface area contributed by atoms with E-state index in [0.29, 0.717) is 12.5 Å². The molecule has 1 heterocycles. The molecular formula is C12H12F3N3O3. The third-order valence-corrected chi connectivity index (χ3v) is 3.15. The normalized spacial score (nSPS) is 19.0. The van der Waals surface area contributed by atoms with Crippen molar-refractivity contribution in [1.29, 1.82) is 0 Å². The van der Waals surface area contributed by atoms with Gasteiger partial charge in [0.05, 0.1) is 10.5 Å². The molecule has 9 heteroatoms. The van der Waals surface area contributed by atoms with Crippen LogP contribution in [0.4, 0.5) is 24.5 Å². The standard InChI is InChI=1S/C12H12F3N3O3/c13-12(14,15)7-1-3-9(10(5-7)18(20)21)17-8-2-4-11(19)16-6-8/h1,3,5,8,17H,2,4,6H2,(H,16,19). The molecule has 0 bridgehead atoms. The molecule has 1 saturated heterocycles. The van der Waals surface area contributed by atoms with E-state index in [1.54, 1.807) is 0 Å². The summed E-state index contributed by atoms with van der Waals surface area (Å²) in [7, 11) is 0. The van der Waals surface area contributed by atoms with Crippen molar-refractivity contribution in [2.75, 3.05) is 11.9 Å². The molecule has 1 unspecified atom stereocenters. The number of rotatable bonds is 3. The molecule has 1 amide bonds. The van der Waals surface area contributed by atoms with Crippen molar-refractivity contribution in [2.24, 2.45) is 0 Å². The molecule has 21 heavy (non-hydrogen) atoms. The number of alkyl halides is 3. The maximum absolute atomic E-state index is 12.6. The molecule has 1 aromatic rings. The zero-order valence-corrected chi connectivity index (χ0v) is 10.7. The second-order valence-electron chi connectivity index (χ2n) is 4.67. The topological polar surface area (TPSA) is 84.3 Å². The Hall–Kier alpha value is -2.32. The molecule has 2 N–H and O–H groups in total. The molecule has 114 valence electrons. The number of nitro groups is 1. The highest BCUT2D eigenvalue weighted by Crippen LogP contribution is 2.35. The molecule has 0 radical (unpaired) electrons. The van der Waals surface area contributed by atoms with Gasteiger partial charge in [0.15, 0.2) is 0 Å². The van der Waals surface area contributed by atoms with E-state index < -0.39 is 22.4 Å². The first-order valence-corrected chi connectivity index (χ1v) is 6.16. The van der Waals surface area contributed by atoms with Crippen LogP contribution in [0.15, 0.2) is 18.2 Å². The van der Waals surface area contributed by atoms with E-state index in [0.717, 1.165) is 12.1 Å². The molecule has 0 aliphatic carbocycles. The first kappa shape index (κ1) is 15.1. The van der Waals surface area contributed by atoms with Gasteiger partial charge in [-0.15, -0.1) is 0 Å². The zero-order valence-electron chi connectivity index (χ0n) is 10.7. The number of hydrogen-bond acceptors (Lipinski definition) is 4. The summed E-state index contributed by atoms with van der Waals surface area (Å²) in [5.41, 5.74) is -1.70. The molecule has 1 aliphatic heterocycles. The van der Waals surface area contributed by atoms with Crippen LogP contribution in [-0.4, -0.2) is 23.4 Å². The molecule has 1 aromatic carbocycles. The quantitative estimate of drug-likeness (QED) is 0.663. The Balaban J connectivity index is 2.23. The van der Waals surface area contributed by atoms with Crippen LogP contribution < -0.4 is 10.6 Å². The molecule has 1 aliphatic rings. The predicted molar refractivity (Wildman–Crippen MR) is 67.8 cm³/mol. The van der Waals surface area contributed by atoms with Gasteiger partial charge >= 0.3 is 6.18 Å². The van der Waals surface area contributed by atoms with E-state index in [1.165, 1.54) is 0 Å². The lowest BCUT2D eigenvalue weighted by Gasteiger charge is -2.24. The van der Waals surface area contributed by atoms with E-state index in [-0.39, 0.29) is 30.6 Å². The summed E-state index contributed by atoms with van der Waals surface area (Å²) in [6, 6.07) is 2.08. The predicted octanol–water partition coefficient (Wildman–Crippen LogP) is 2.30. The van der Waals surface area contributed by atoms with E-state index in [9.17, 15) is 28.1 Å². The van der Waals surface area contributed by atoms with Crippen LogP contribution in [0.25, 0.3) is 0 Å². The molecule has 0 saturated carbocycles. The molecule has 1 fully saturated rings. The van der Waals surface area contributed by atoms with Crippen molar-refractivity contribution in [2.45, 2.75) is 25.1 Å². The monoisotopic (exact) mass is 303 g/mol. The highest BCUT2D eigenvalue weighted by Gasteiger charge is 2.33. The Morgan fingerprint density at radius 2 is 2.10 bits per heavy atom. The minimum atomic E-state index is -4.64. The fourth-order valence-corrected chi connectivity index (χ4v) is 2.06. The number of nitro benzene ring substituents is 1. The molecule has 2 rings (SSSR count). The molecule has 0 aromatic heterocycles. The first-order valence-electron chi connectivity index (χ1n) is 6.16. The van der Waals surface area contributed by atoms with Gasteiger partial charge in [-0.25, -0.2) is 0 Å². The number of hydrogen-bond donors (Lipinski definition) is 2. The number of nitrogens with zero attached hydrogens (tertiary/aromatic N) is 1. The number of carbonyl (C=O) groups excluding carboxylic acids is 1. The Labute approximate surface area is 117 Å². The summed E-state index contributed by atoms with van der Waals surface area (Å²) in [5, 5.41) is 16.3. The number of amides is 1. The van der Waals surface area contributed by atoms with Gasteiger partial charge in [0.25, 0.3) is 5.69 Å². The number of benzene rings is 1. The minimum Gasteiger partial charge on any atom is -0.375 e. The van der Waals surface area contributed by atoms with E-state index in [1.807, 2.05) is 0 Å². The number of carbonyl (C=O) groups is 1. The third-order valence-electron chi connectivity index (χ3n) is 3.15. The van der Waals surface area contributed by atoms with Crippen molar-refractivity contribution in [3.63, 3.8) is 0 Å². The molecule has 1 atom stereocenters. The average Bonchev–Trinajstić information content (AvgIpc) is 2.40. The van der Waals surface area contributed by atoms with Crippen LogP contribution >= 0.6 is 0 Å². The maximum atomic E-state index is 12.6. The second kappa shape index (κ2) is 5.58. The lowest BCUT2D eigenvalue weighted by molar-refractivity contribution is -0.384. The van der Waals surface area contributed by atoms with Gasteiger partial charge in [0.2, 0.25) is 5.91 Å². The van der Waals surface area contributed by atoms with Gasteiger partial charge in [0.1, 0.15) is 5.69 Å². The van der Waals surface area contributed by atoms with Gasteiger partial charge in [-0.1, -0.05) is 0 Å². The summed E-state index contributed by atoms with van der Waals surface area (Å²) < 4.78 is 37.7. The highest BCUT2D eigenvalue weighted by atomic mass is 19.4. The third kappa shape index (κ3) is 3.61. The summed E-state index contributed by atoms with van der Waals surface area (Å²) in [6.07, 6.45) is -3.90. The fraction of sp³-hybridized carbons (Fsp3) is 0.417. The van der Waals surface area contributed by atoms with Gasteiger partial charge in [-0.3, -0.25) is 14.9 Å². The number of anilines is 1. The SMILES string of the molecule is O=C1CCC(Nc2ccc(C(F)(F)F)cc2[N+](=O)[O-])CN1.